The molecule has 8 heteroatoms. The van der Waals surface area contributed by atoms with Gasteiger partial charge in [-0.05, 0) is 25.5 Å². The van der Waals surface area contributed by atoms with Crippen molar-refractivity contribution in [3.8, 4) is 0 Å². The van der Waals surface area contributed by atoms with Gasteiger partial charge in [-0.15, -0.1) is 0 Å². The van der Waals surface area contributed by atoms with E-state index in [0.29, 0.717) is 11.3 Å². The van der Waals surface area contributed by atoms with Crippen molar-refractivity contribution < 1.29 is 8.42 Å². The molecule has 0 unspecified atom stereocenters. The molecule has 6 nitrogen and oxygen atoms in total. The fraction of sp³-hybridized carbons (Fsp3) is 0.250. The Labute approximate surface area is 97.1 Å². The van der Waals surface area contributed by atoms with Crippen LogP contribution >= 0.6 is 11.6 Å². The summed E-state index contributed by atoms with van der Waals surface area (Å²) in [5, 5.41) is 9.04. The zero-order valence-electron chi connectivity index (χ0n) is 8.60. The van der Waals surface area contributed by atoms with Crippen LogP contribution < -0.4 is 5.14 Å². The van der Waals surface area contributed by atoms with Gasteiger partial charge in [-0.3, -0.25) is 0 Å². The molecule has 2 N–H and O–H groups in total. The van der Waals surface area contributed by atoms with Crippen LogP contribution in [0.25, 0.3) is 5.65 Å². The maximum Gasteiger partial charge on any atom is 0.257 e. The summed E-state index contributed by atoms with van der Waals surface area (Å²) in [5.74, 6) is 0. The molecular weight excluding hydrogens is 252 g/mol. The predicted octanol–water partition coefficient (Wildman–Crippen LogP) is 0.647. The summed E-state index contributed by atoms with van der Waals surface area (Å²) < 4.78 is 23.9. The number of sulfonamides is 1. The van der Waals surface area contributed by atoms with Gasteiger partial charge in [0, 0.05) is 0 Å². The minimum Gasteiger partial charge on any atom is -0.231 e. The van der Waals surface area contributed by atoms with Gasteiger partial charge in [0.05, 0.1) is 5.69 Å². The molecule has 0 fully saturated rings. The van der Waals surface area contributed by atoms with Gasteiger partial charge < -0.3 is 0 Å². The highest BCUT2D eigenvalue weighted by Gasteiger charge is 2.21. The number of aromatic nitrogens is 3. The summed E-state index contributed by atoms with van der Waals surface area (Å²) in [4.78, 5) is 4.10. The standard InChI is InChI=1S/C8H9ClN4O2S/c1-4-3-6(9)12-13-7(4)11-5(2)8(13)16(10,14)15/h3H,1-2H3,(H2,10,14,15). The Morgan fingerprint density at radius 3 is 2.62 bits per heavy atom. The van der Waals surface area contributed by atoms with Crippen molar-refractivity contribution in [1.29, 1.82) is 0 Å². The number of nitrogens with zero attached hydrogens (tertiary/aromatic N) is 3. The summed E-state index contributed by atoms with van der Waals surface area (Å²) in [6.45, 7) is 3.32. The molecule has 0 aliphatic carbocycles. The minimum absolute atomic E-state index is 0.131. The molecular formula is C8H9ClN4O2S. The molecule has 0 saturated heterocycles. The van der Waals surface area contributed by atoms with E-state index < -0.39 is 10.0 Å². The normalized spacial score (nSPS) is 12.2. The first-order chi connectivity index (χ1) is 7.30. The summed E-state index contributed by atoms with van der Waals surface area (Å²) in [6.07, 6.45) is 0. The first-order valence-electron chi connectivity index (χ1n) is 4.36. The van der Waals surface area contributed by atoms with Crippen LogP contribution in [0.3, 0.4) is 0 Å². The van der Waals surface area contributed by atoms with E-state index in [4.69, 9.17) is 16.7 Å². The summed E-state index contributed by atoms with van der Waals surface area (Å²) >= 11 is 5.76. The SMILES string of the molecule is Cc1nc2c(C)cc(Cl)nn2c1S(N)(=O)=O. The maximum atomic E-state index is 11.4. The van der Waals surface area contributed by atoms with Crippen LogP contribution in [-0.4, -0.2) is 23.0 Å². The fourth-order valence-corrected chi connectivity index (χ4v) is 2.61. The minimum atomic E-state index is -3.87. The number of rotatable bonds is 1. The molecule has 0 atom stereocenters. The molecule has 16 heavy (non-hydrogen) atoms. The van der Waals surface area contributed by atoms with Gasteiger partial charge in [0.1, 0.15) is 5.15 Å². The molecule has 2 aromatic heterocycles. The number of fused-ring (bicyclic) bond motifs is 1. The van der Waals surface area contributed by atoms with E-state index in [1.54, 1.807) is 19.9 Å². The molecule has 0 amide bonds. The third kappa shape index (κ3) is 1.66. The number of nitrogens with two attached hydrogens (primary N) is 1. The van der Waals surface area contributed by atoms with E-state index >= 15 is 0 Å². The monoisotopic (exact) mass is 260 g/mol. The van der Waals surface area contributed by atoms with E-state index in [2.05, 4.69) is 10.1 Å². The molecule has 0 aliphatic rings. The number of primary sulfonamides is 1. The molecule has 0 radical (unpaired) electrons. The first kappa shape index (κ1) is 11.3. The lowest BCUT2D eigenvalue weighted by molar-refractivity contribution is 0.588. The molecule has 86 valence electrons. The Bertz CT molecular complexity index is 677. The Balaban J connectivity index is 3.01. The van der Waals surface area contributed by atoms with Crippen LogP contribution in [0.4, 0.5) is 0 Å². The topological polar surface area (TPSA) is 90.3 Å². The molecule has 0 aliphatic heterocycles. The highest BCUT2D eigenvalue weighted by Crippen LogP contribution is 2.19. The van der Waals surface area contributed by atoms with Gasteiger partial charge in [-0.1, -0.05) is 11.6 Å². The molecule has 2 rings (SSSR count). The Morgan fingerprint density at radius 1 is 1.44 bits per heavy atom. The number of aryl methyl sites for hydroxylation is 2. The lowest BCUT2D eigenvalue weighted by atomic mass is 10.3. The fourth-order valence-electron chi connectivity index (χ4n) is 1.55. The van der Waals surface area contributed by atoms with Gasteiger partial charge in [0.15, 0.2) is 10.7 Å². The van der Waals surface area contributed by atoms with Gasteiger partial charge in [0.2, 0.25) is 0 Å². The number of hydrogen-bond acceptors (Lipinski definition) is 4. The van der Waals surface area contributed by atoms with Crippen molar-refractivity contribution in [2.24, 2.45) is 5.14 Å². The Morgan fingerprint density at radius 2 is 2.06 bits per heavy atom. The Hall–Kier alpha value is -1.18. The van der Waals surface area contributed by atoms with Crippen molar-refractivity contribution in [3.05, 3.63) is 22.5 Å². The third-order valence-electron chi connectivity index (χ3n) is 2.13. The van der Waals surface area contributed by atoms with Gasteiger partial charge in [-0.2, -0.15) is 9.61 Å². The zero-order chi connectivity index (χ0) is 12.1. The van der Waals surface area contributed by atoms with Crippen LogP contribution in [-0.2, 0) is 10.0 Å². The summed E-state index contributed by atoms with van der Waals surface area (Å²) in [6, 6.07) is 1.61. The van der Waals surface area contributed by atoms with E-state index in [-0.39, 0.29) is 10.2 Å². The van der Waals surface area contributed by atoms with Crippen LogP contribution in [0, 0.1) is 13.8 Å². The van der Waals surface area contributed by atoms with Gasteiger partial charge in [-0.25, -0.2) is 18.5 Å². The zero-order valence-corrected chi connectivity index (χ0v) is 10.2. The average Bonchev–Trinajstić information content (AvgIpc) is 2.40. The van der Waals surface area contributed by atoms with E-state index in [1.807, 2.05) is 0 Å². The molecule has 0 aromatic carbocycles. The van der Waals surface area contributed by atoms with Gasteiger partial charge >= 0.3 is 0 Å². The van der Waals surface area contributed by atoms with Crippen molar-refractivity contribution in [2.75, 3.05) is 0 Å². The quantitative estimate of drug-likeness (QED) is 0.815. The summed E-state index contributed by atoms with van der Waals surface area (Å²) in [5.41, 5.74) is 1.48. The highest BCUT2D eigenvalue weighted by molar-refractivity contribution is 7.89. The first-order valence-corrected chi connectivity index (χ1v) is 6.28. The molecule has 0 spiro atoms. The van der Waals surface area contributed by atoms with Crippen LogP contribution in [0.15, 0.2) is 11.1 Å². The van der Waals surface area contributed by atoms with E-state index in [0.717, 1.165) is 10.1 Å². The predicted molar refractivity (Wildman–Crippen MR) is 58.8 cm³/mol. The average molecular weight is 261 g/mol. The second-order valence-electron chi connectivity index (χ2n) is 3.43. The largest absolute Gasteiger partial charge is 0.257 e. The summed E-state index contributed by atoms with van der Waals surface area (Å²) in [7, 11) is -3.87. The number of hydrogen-bond donors (Lipinski definition) is 1. The van der Waals surface area contributed by atoms with Crippen molar-refractivity contribution in [1.82, 2.24) is 14.6 Å². The molecule has 2 heterocycles. The highest BCUT2D eigenvalue weighted by atomic mass is 35.5. The van der Waals surface area contributed by atoms with Crippen molar-refractivity contribution in [3.63, 3.8) is 0 Å². The lowest BCUT2D eigenvalue weighted by Gasteiger charge is -2.01. The second-order valence-corrected chi connectivity index (χ2v) is 5.30. The van der Waals surface area contributed by atoms with Crippen LogP contribution in [0.5, 0.6) is 0 Å². The van der Waals surface area contributed by atoms with Crippen molar-refractivity contribution >= 4 is 27.3 Å². The van der Waals surface area contributed by atoms with E-state index in [9.17, 15) is 8.42 Å². The third-order valence-corrected chi connectivity index (χ3v) is 3.32. The molecule has 0 bridgehead atoms. The molecule has 2 aromatic rings. The number of imidazole rings is 1. The number of halogens is 1. The second kappa shape index (κ2) is 3.41. The van der Waals surface area contributed by atoms with Gasteiger partial charge in [0.25, 0.3) is 10.0 Å². The van der Waals surface area contributed by atoms with Crippen LogP contribution in [0.1, 0.15) is 11.3 Å². The molecule has 0 saturated carbocycles. The lowest BCUT2D eigenvalue weighted by Crippen LogP contribution is -2.17. The van der Waals surface area contributed by atoms with E-state index in [1.165, 1.54) is 0 Å². The smallest absolute Gasteiger partial charge is 0.231 e. The Kier molecular flexibility index (Phi) is 2.41. The van der Waals surface area contributed by atoms with Crippen LogP contribution in [0.2, 0.25) is 5.15 Å². The van der Waals surface area contributed by atoms with Crippen molar-refractivity contribution in [2.45, 2.75) is 18.9 Å². The maximum absolute atomic E-state index is 11.4.